The fourth-order valence-corrected chi connectivity index (χ4v) is 2.80. The molecule has 3 aromatic rings. The highest BCUT2D eigenvalue weighted by Gasteiger charge is 2.01. The molecule has 4 nitrogen and oxygen atoms in total. The molecule has 0 unspecified atom stereocenters. The summed E-state index contributed by atoms with van der Waals surface area (Å²) >= 11 is 0. The maximum atomic E-state index is 10.3. The molecule has 0 saturated carbocycles. The van der Waals surface area contributed by atoms with Crippen molar-refractivity contribution in [2.75, 3.05) is 0 Å². The molecule has 0 radical (unpaired) electrons. The van der Waals surface area contributed by atoms with Crippen LogP contribution in [0.25, 0.3) is 0 Å². The molecule has 3 aromatic carbocycles. The predicted molar refractivity (Wildman–Crippen MR) is 101 cm³/mol. The Bertz CT molecular complexity index is 901. The third-order valence-corrected chi connectivity index (χ3v) is 4.03. The summed E-state index contributed by atoms with van der Waals surface area (Å²) in [6, 6.07) is 23.6. The third-order valence-electron chi connectivity index (χ3n) is 4.03. The lowest BCUT2D eigenvalue weighted by atomic mass is 9.99. The van der Waals surface area contributed by atoms with Crippen molar-refractivity contribution in [2.45, 2.75) is 12.8 Å². The Balaban J connectivity index is 1.71. The van der Waals surface area contributed by atoms with Gasteiger partial charge in [-0.25, -0.2) is 9.59 Å². The Labute approximate surface area is 151 Å². The Morgan fingerprint density at radius 1 is 0.577 bits per heavy atom. The van der Waals surface area contributed by atoms with E-state index in [0.29, 0.717) is 11.4 Å². The van der Waals surface area contributed by atoms with E-state index in [0.717, 1.165) is 24.0 Å². The van der Waals surface area contributed by atoms with Gasteiger partial charge in [0.1, 0.15) is 0 Å². The van der Waals surface area contributed by atoms with Crippen LogP contribution in [0.1, 0.15) is 22.3 Å². The fraction of sp³-hybridized carbons (Fsp3) is 0.0909. The molecule has 0 aliphatic rings. The van der Waals surface area contributed by atoms with E-state index < -0.39 is 0 Å². The van der Waals surface area contributed by atoms with E-state index in [1.54, 1.807) is 12.2 Å². The molecule has 26 heavy (non-hydrogen) atoms. The van der Waals surface area contributed by atoms with Gasteiger partial charge in [0.15, 0.2) is 0 Å². The standard InChI is InChI=1S/C22H16N2O2/c25-15-23-21-8-4-17(5-9-21)12-19-2-1-3-20(14-19)13-18-6-10-22(11-7-18)24-16-26/h1-11,14H,12-13H2. The summed E-state index contributed by atoms with van der Waals surface area (Å²) in [5, 5.41) is 0. The van der Waals surface area contributed by atoms with E-state index in [4.69, 9.17) is 0 Å². The molecule has 126 valence electrons. The Morgan fingerprint density at radius 2 is 1.00 bits per heavy atom. The monoisotopic (exact) mass is 340 g/mol. The van der Waals surface area contributed by atoms with Gasteiger partial charge in [-0.1, -0.05) is 48.5 Å². The van der Waals surface area contributed by atoms with E-state index in [9.17, 15) is 9.59 Å². The largest absolute Gasteiger partial charge is 0.240 e. The van der Waals surface area contributed by atoms with E-state index in [-0.39, 0.29) is 0 Å². The van der Waals surface area contributed by atoms with Crippen molar-refractivity contribution in [3.8, 4) is 0 Å². The summed E-state index contributed by atoms with van der Waals surface area (Å²) in [6.45, 7) is 0. The molecule has 0 spiro atoms. The van der Waals surface area contributed by atoms with Gasteiger partial charge in [0.25, 0.3) is 0 Å². The van der Waals surface area contributed by atoms with Crippen molar-refractivity contribution in [1.82, 2.24) is 0 Å². The highest BCUT2D eigenvalue weighted by Crippen LogP contribution is 2.19. The molecule has 0 heterocycles. The van der Waals surface area contributed by atoms with Crippen molar-refractivity contribution in [2.24, 2.45) is 9.98 Å². The van der Waals surface area contributed by atoms with E-state index in [1.165, 1.54) is 11.1 Å². The number of nitrogens with zero attached hydrogens (tertiary/aromatic N) is 2. The molecule has 0 fully saturated rings. The van der Waals surface area contributed by atoms with Crippen LogP contribution in [0, 0.1) is 0 Å². The first-order valence-electron chi connectivity index (χ1n) is 8.18. The fourth-order valence-electron chi connectivity index (χ4n) is 2.80. The smallest absolute Gasteiger partial charge is 0.211 e. The number of aliphatic imine (C=N–C) groups is 2. The lowest BCUT2D eigenvalue weighted by Gasteiger charge is -2.07. The third kappa shape index (κ3) is 4.71. The van der Waals surface area contributed by atoms with Gasteiger partial charge >= 0.3 is 0 Å². The Kier molecular flexibility index (Phi) is 5.64. The van der Waals surface area contributed by atoms with Gasteiger partial charge in [-0.05, 0) is 59.4 Å². The van der Waals surface area contributed by atoms with Gasteiger partial charge in [0, 0.05) is 0 Å². The lowest BCUT2D eigenvalue weighted by Crippen LogP contribution is -1.92. The minimum atomic E-state index is 0.611. The predicted octanol–water partition coefficient (Wildman–Crippen LogP) is 4.80. The molecular formula is C22H16N2O2. The van der Waals surface area contributed by atoms with E-state index in [1.807, 2.05) is 48.5 Å². The van der Waals surface area contributed by atoms with Gasteiger partial charge in [0.2, 0.25) is 12.2 Å². The maximum absolute atomic E-state index is 10.3. The number of benzene rings is 3. The lowest BCUT2D eigenvalue weighted by molar-refractivity contribution is 0.564. The topological polar surface area (TPSA) is 58.9 Å². The molecule has 0 bridgehead atoms. The number of isocyanates is 2. The first-order chi connectivity index (χ1) is 12.8. The average Bonchev–Trinajstić information content (AvgIpc) is 2.66. The highest BCUT2D eigenvalue weighted by molar-refractivity contribution is 5.50. The highest BCUT2D eigenvalue weighted by atomic mass is 16.1. The van der Waals surface area contributed by atoms with Crippen molar-refractivity contribution < 1.29 is 9.59 Å². The molecule has 0 atom stereocenters. The molecule has 4 heteroatoms. The SMILES string of the molecule is O=C=Nc1ccc(Cc2cccc(Cc3ccc(N=C=O)cc3)c2)cc1. The van der Waals surface area contributed by atoms with Crippen LogP contribution >= 0.6 is 0 Å². The number of hydrogen-bond acceptors (Lipinski definition) is 4. The zero-order valence-corrected chi connectivity index (χ0v) is 14.1. The minimum absolute atomic E-state index is 0.611. The van der Waals surface area contributed by atoms with Crippen molar-refractivity contribution in [1.29, 1.82) is 0 Å². The maximum Gasteiger partial charge on any atom is 0.240 e. The van der Waals surface area contributed by atoms with E-state index >= 15 is 0 Å². The van der Waals surface area contributed by atoms with Crippen LogP contribution in [-0.2, 0) is 22.4 Å². The molecule has 0 amide bonds. The van der Waals surface area contributed by atoms with Gasteiger partial charge in [-0.3, -0.25) is 0 Å². The van der Waals surface area contributed by atoms with Crippen molar-refractivity contribution in [3.63, 3.8) is 0 Å². The van der Waals surface area contributed by atoms with Crippen LogP contribution in [0.4, 0.5) is 11.4 Å². The Hall–Kier alpha value is -3.58. The van der Waals surface area contributed by atoms with Crippen LogP contribution in [-0.4, -0.2) is 12.2 Å². The molecule has 0 aliphatic heterocycles. The first-order valence-corrected chi connectivity index (χ1v) is 8.18. The summed E-state index contributed by atoms with van der Waals surface area (Å²) in [4.78, 5) is 27.8. The molecular weight excluding hydrogens is 324 g/mol. The quantitative estimate of drug-likeness (QED) is 0.478. The van der Waals surface area contributed by atoms with Crippen molar-refractivity contribution in [3.05, 3.63) is 95.1 Å². The Morgan fingerprint density at radius 3 is 1.38 bits per heavy atom. The van der Waals surface area contributed by atoms with Gasteiger partial charge in [-0.2, -0.15) is 9.98 Å². The zero-order chi connectivity index (χ0) is 18.2. The summed E-state index contributed by atoms with van der Waals surface area (Å²) in [7, 11) is 0. The summed E-state index contributed by atoms with van der Waals surface area (Å²) in [5.74, 6) is 0. The molecule has 3 rings (SSSR count). The van der Waals surface area contributed by atoms with Gasteiger partial charge < -0.3 is 0 Å². The van der Waals surface area contributed by atoms with E-state index in [2.05, 4.69) is 34.3 Å². The summed E-state index contributed by atoms with van der Waals surface area (Å²) < 4.78 is 0. The van der Waals surface area contributed by atoms with Gasteiger partial charge in [0.05, 0.1) is 11.4 Å². The van der Waals surface area contributed by atoms with Crippen LogP contribution < -0.4 is 0 Å². The molecule has 0 aliphatic carbocycles. The van der Waals surface area contributed by atoms with Crippen LogP contribution in [0.15, 0.2) is 82.8 Å². The summed E-state index contributed by atoms with van der Waals surface area (Å²) in [6.07, 6.45) is 4.71. The normalized spacial score (nSPS) is 9.85. The first kappa shape index (κ1) is 17.2. The second-order valence-corrected chi connectivity index (χ2v) is 5.91. The number of rotatable bonds is 6. The van der Waals surface area contributed by atoms with Gasteiger partial charge in [-0.15, -0.1) is 0 Å². The summed E-state index contributed by atoms with van der Waals surface area (Å²) in [5.41, 5.74) is 5.97. The van der Waals surface area contributed by atoms with Crippen LogP contribution in [0.3, 0.4) is 0 Å². The molecule has 0 aromatic heterocycles. The molecule has 0 saturated heterocycles. The van der Waals surface area contributed by atoms with Crippen molar-refractivity contribution >= 4 is 23.5 Å². The zero-order valence-electron chi connectivity index (χ0n) is 14.1. The number of carbonyl (C=O) groups excluding carboxylic acids is 2. The van der Waals surface area contributed by atoms with Crippen LogP contribution in [0.2, 0.25) is 0 Å². The minimum Gasteiger partial charge on any atom is -0.211 e. The second-order valence-electron chi connectivity index (χ2n) is 5.91. The second kappa shape index (κ2) is 8.50. The van der Waals surface area contributed by atoms with Crippen LogP contribution in [0.5, 0.6) is 0 Å². The molecule has 0 N–H and O–H groups in total. The average molecular weight is 340 g/mol. The number of hydrogen-bond donors (Lipinski definition) is 0.